The molecule has 19 heavy (non-hydrogen) atoms. The molecule has 1 aliphatic carbocycles. The van der Waals surface area contributed by atoms with Gasteiger partial charge in [0, 0.05) is 17.1 Å². The molecule has 0 saturated heterocycles. The van der Waals surface area contributed by atoms with E-state index in [0.29, 0.717) is 0 Å². The first-order chi connectivity index (χ1) is 8.56. The van der Waals surface area contributed by atoms with E-state index in [4.69, 9.17) is 17.3 Å². The molecular weight excluding hydrogens is 290 g/mol. The van der Waals surface area contributed by atoms with E-state index in [0.717, 1.165) is 31.7 Å². The van der Waals surface area contributed by atoms with Crippen LogP contribution in [0.15, 0.2) is 18.2 Å². The maximum absolute atomic E-state index is 13.6. The third kappa shape index (κ3) is 4.34. The number of carbonyl (C=O) groups is 1. The van der Waals surface area contributed by atoms with Gasteiger partial charge >= 0.3 is 0 Å². The molecule has 106 valence electrons. The second-order valence-corrected chi connectivity index (χ2v) is 5.15. The van der Waals surface area contributed by atoms with Gasteiger partial charge in [-0.25, -0.2) is 4.39 Å². The van der Waals surface area contributed by atoms with Gasteiger partial charge in [-0.15, -0.1) is 12.4 Å². The van der Waals surface area contributed by atoms with Crippen molar-refractivity contribution in [2.45, 2.75) is 37.8 Å². The van der Waals surface area contributed by atoms with Crippen LogP contribution in [0.3, 0.4) is 0 Å². The van der Waals surface area contributed by atoms with Gasteiger partial charge in [0.25, 0.3) is 5.91 Å². The zero-order chi connectivity index (χ0) is 13.1. The van der Waals surface area contributed by atoms with Crippen LogP contribution in [-0.2, 0) is 0 Å². The van der Waals surface area contributed by atoms with Crippen molar-refractivity contribution in [3.63, 3.8) is 0 Å². The van der Waals surface area contributed by atoms with Crippen molar-refractivity contribution in [3.05, 3.63) is 34.6 Å². The summed E-state index contributed by atoms with van der Waals surface area (Å²) < 4.78 is 13.6. The summed E-state index contributed by atoms with van der Waals surface area (Å²) in [5.74, 6) is -0.975. The Balaban J connectivity index is 0.00000180. The van der Waals surface area contributed by atoms with Crippen LogP contribution in [-0.4, -0.2) is 18.0 Å². The Morgan fingerprint density at radius 2 is 1.95 bits per heavy atom. The van der Waals surface area contributed by atoms with Crippen LogP contribution in [0.5, 0.6) is 0 Å². The molecule has 1 aromatic carbocycles. The molecule has 3 nitrogen and oxygen atoms in total. The van der Waals surface area contributed by atoms with Crippen LogP contribution < -0.4 is 11.1 Å². The molecule has 0 aromatic heterocycles. The van der Waals surface area contributed by atoms with Gasteiger partial charge in [0.1, 0.15) is 5.82 Å². The summed E-state index contributed by atoms with van der Waals surface area (Å²) in [6.45, 7) is 0. The summed E-state index contributed by atoms with van der Waals surface area (Å²) in [4.78, 5) is 11.9. The van der Waals surface area contributed by atoms with E-state index >= 15 is 0 Å². The third-order valence-corrected chi connectivity index (χ3v) is 3.52. The number of rotatable bonds is 2. The Morgan fingerprint density at radius 1 is 1.32 bits per heavy atom. The smallest absolute Gasteiger partial charge is 0.254 e. The van der Waals surface area contributed by atoms with Crippen LogP contribution in [0.1, 0.15) is 36.0 Å². The van der Waals surface area contributed by atoms with Crippen LogP contribution in [0.2, 0.25) is 5.02 Å². The molecule has 0 aliphatic heterocycles. The van der Waals surface area contributed by atoms with Crippen LogP contribution >= 0.6 is 24.0 Å². The minimum absolute atomic E-state index is 0. The molecule has 1 saturated carbocycles. The average Bonchev–Trinajstić information content (AvgIpc) is 2.32. The van der Waals surface area contributed by atoms with Gasteiger partial charge < -0.3 is 11.1 Å². The lowest BCUT2D eigenvalue weighted by molar-refractivity contribution is 0.0922. The first-order valence-electron chi connectivity index (χ1n) is 6.08. The second-order valence-electron chi connectivity index (χ2n) is 4.71. The van der Waals surface area contributed by atoms with E-state index in [2.05, 4.69) is 5.32 Å². The van der Waals surface area contributed by atoms with Gasteiger partial charge in [-0.1, -0.05) is 11.6 Å². The van der Waals surface area contributed by atoms with Crippen molar-refractivity contribution in [1.29, 1.82) is 0 Å². The predicted molar refractivity (Wildman–Crippen MR) is 76.4 cm³/mol. The zero-order valence-corrected chi connectivity index (χ0v) is 11.9. The van der Waals surface area contributed by atoms with E-state index < -0.39 is 5.82 Å². The molecule has 0 bridgehead atoms. The molecule has 1 amide bonds. The molecule has 6 heteroatoms. The first-order valence-corrected chi connectivity index (χ1v) is 6.45. The van der Waals surface area contributed by atoms with Gasteiger partial charge in [-0.3, -0.25) is 4.79 Å². The summed E-state index contributed by atoms with van der Waals surface area (Å²) >= 11 is 5.64. The summed E-state index contributed by atoms with van der Waals surface area (Å²) in [6, 6.07) is 4.38. The molecule has 0 radical (unpaired) electrons. The summed E-state index contributed by atoms with van der Waals surface area (Å²) in [7, 11) is 0. The van der Waals surface area contributed by atoms with E-state index in [-0.39, 0.29) is 41.0 Å². The molecule has 1 aliphatic rings. The summed E-state index contributed by atoms with van der Waals surface area (Å²) in [5.41, 5.74) is 5.83. The Bertz CT molecular complexity index is 448. The van der Waals surface area contributed by atoms with Crippen molar-refractivity contribution in [2.24, 2.45) is 5.73 Å². The maximum atomic E-state index is 13.6. The number of hydrogen-bond acceptors (Lipinski definition) is 2. The molecular formula is C13H17Cl2FN2O. The lowest BCUT2D eigenvalue weighted by Gasteiger charge is -2.26. The van der Waals surface area contributed by atoms with Crippen molar-refractivity contribution in [2.75, 3.05) is 0 Å². The molecule has 0 unspecified atom stereocenters. The fourth-order valence-electron chi connectivity index (χ4n) is 2.20. The van der Waals surface area contributed by atoms with Gasteiger partial charge in [-0.05, 0) is 43.9 Å². The minimum atomic E-state index is -0.590. The molecule has 1 aromatic rings. The Labute approximate surface area is 123 Å². The number of carbonyl (C=O) groups excluding carboxylic acids is 1. The quantitative estimate of drug-likeness (QED) is 0.882. The summed E-state index contributed by atoms with van der Waals surface area (Å²) in [6.07, 6.45) is 3.49. The van der Waals surface area contributed by atoms with Gasteiger partial charge in [0.2, 0.25) is 0 Å². The van der Waals surface area contributed by atoms with Gasteiger partial charge in [-0.2, -0.15) is 0 Å². The number of halogens is 3. The monoisotopic (exact) mass is 306 g/mol. The molecule has 1 fully saturated rings. The van der Waals surface area contributed by atoms with E-state index in [1.807, 2.05) is 0 Å². The summed E-state index contributed by atoms with van der Waals surface area (Å²) in [5, 5.41) is 3.12. The van der Waals surface area contributed by atoms with Gasteiger partial charge in [0.05, 0.1) is 5.56 Å². The lowest BCUT2D eigenvalue weighted by atomic mass is 9.91. The fourth-order valence-corrected chi connectivity index (χ4v) is 2.36. The Hall–Kier alpha value is -0.840. The maximum Gasteiger partial charge on any atom is 0.254 e. The van der Waals surface area contributed by atoms with E-state index in [1.54, 1.807) is 0 Å². The Kier molecular flexibility index (Phi) is 6.04. The van der Waals surface area contributed by atoms with Crippen molar-refractivity contribution < 1.29 is 9.18 Å². The first kappa shape index (κ1) is 16.2. The highest BCUT2D eigenvalue weighted by molar-refractivity contribution is 6.30. The number of benzene rings is 1. The van der Waals surface area contributed by atoms with Crippen LogP contribution in [0.4, 0.5) is 4.39 Å². The van der Waals surface area contributed by atoms with Crippen molar-refractivity contribution >= 4 is 29.9 Å². The third-order valence-electron chi connectivity index (χ3n) is 3.28. The highest BCUT2D eigenvalue weighted by Gasteiger charge is 2.21. The predicted octanol–water partition coefficient (Wildman–Crippen LogP) is 2.90. The fraction of sp³-hybridized carbons (Fsp3) is 0.462. The number of nitrogens with two attached hydrogens (primary N) is 1. The van der Waals surface area contributed by atoms with Crippen LogP contribution in [0.25, 0.3) is 0 Å². The van der Waals surface area contributed by atoms with Gasteiger partial charge in [0.15, 0.2) is 0 Å². The minimum Gasteiger partial charge on any atom is -0.349 e. The van der Waals surface area contributed by atoms with Crippen LogP contribution in [0, 0.1) is 5.82 Å². The van der Waals surface area contributed by atoms with Crippen molar-refractivity contribution in [3.8, 4) is 0 Å². The highest BCUT2D eigenvalue weighted by Crippen LogP contribution is 2.19. The lowest BCUT2D eigenvalue weighted by Crippen LogP contribution is -2.40. The zero-order valence-electron chi connectivity index (χ0n) is 10.4. The SMILES string of the molecule is Cl.NC1CCC(NC(=O)c2ccc(Cl)cc2F)CC1. The second kappa shape index (κ2) is 7.08. The normalized spacial score (nSPS) is 22.5. The molecule has 0 spiro atoms. The molecule has 0 heterocycles. The number of nitrogens with one attached hydrogen (secondary N) is 1. The largest absolute Gasteiger partial charge is 0.349 e. The van der Waals surface area contributed by atoms with E-state index in [9.17, 15) is 9.18 Å². The van der Waals surface area contributed by atoms with E-state index in [1.165, 1.54) is 12.1 Å². The highest BCUT2D eigenvalue weighted by atomic mass is 35.5. The van der Waals surface area contributed by atoms with Crippen molar-refractivity contribution in [1.82, 2.24) is 5.32 Å². The Morgan fingerprint density at radius 3 is 2.53 bits per heavy atom. The number of amides is 1. The molecule has 3 N–H and O–H groups in total. The molecule has 2 rings (SSSR count). The average molecular weight is 307 g/mol. The topological polar surface area (TPSA) is 55.1 Å². The standard InChI is InChI=1S/C13H16ClFN2O.ClH/c14-8-1-6-11(12(15)7-8)13(18)17-10-4-2-9(16)3-5-10;/h1,6-7,9-10H,2-5,16H2,(H,17,18);1H. The molecule has 0 atom stereocenters. The number of hydrogen-bond donors (Lipinski definition) is 2.